The van der Waals surface area contributed by atoms with Crippen LogP contribution in [0, 0.1) is 3.70 Å². The van der Waals surface area contributed by atoms with Crippen molar-refractivity contribution in [2.24, 2.45) is 0 Å². The summed E-state index contributed by atoms with van der Waals surface area (Å²) in [6.45, 7) is 1.26. The summed E-state index contributed by atoms with van der Waals surface area (Å²) in [7, 11) is 0. The van der Waals surface area contributed by atoms with Crippen LogP contribution < -0.4 is 10.9 Å². The average molecular weight is 405 g/mol. The normalized spacial score (nSPS) is 25.2. The third-order valence-electron chi connectivity index (χ3n) is 3.55. The number of carbonyl (C=O) groups is 1. The van der Waals surface area contributed by atoms with Crippen LogP contribution in [0.3, 0.4) is 0 Å². The molecule has 2 aliphatic heterocycles. The number of hydrogen-bond donors (Lipinski definition) is 1. The maximum absolute atomic E-state index is 12.4. The number of amides is 1. The summed E-state index contributed by atoms with van der Waals surface area (Å²) < 4.78 is 12.9. The van der Waals surface area contributed by atoms with E-state index in [1.807, 2.05) is 22.6 Å². The number of halogens is 1. The van der Waals surface area contributed by atoms with E-state index in [0.717, 1.165) is 25.7 Å². The molecule has 2 fully saturated rings. The standard InChI is InChI=1S/C13H16IN3O4/c14-8-7-17(10-4-2-6-21-10)13(19)11(15-8)12(18)16-9-3-1-5-20-9/h7,9-10H,1-6H2,(H,16,18). The van der Waals surface area contributed by atoms with E-state index in [1.165, 1.54) is 4.57 Å². The van der Waals surface area contributed by atoms with Gasteiger partial charge >= 0.3 is 0 Å². The van der Waals surface area contributed by atoms with E-state index in [9.17, 15) is 9.59 Å². The summed E-state index contributed by atoms with van der Waals surface area (Å²) in [5.41, 5.74) is -0.522. The van der Waals surface area contributed by atoms with E-state index in [1.54, 1.807) is 6.20 Å². The number of nitrogens with one attached hydrogen (secondary N) is 1. The highest BCUT2D eigenvalue weighted by molar-refractivity contribution is 14.1. The summed E-state index contributed by atoms with van der Waals surface area (Å²) in [5.74, 6) is -0.489. The van der Waals surface area contributed by atoms with Crippen LogP contribution in [0.25, 0.3) is 0 Å². The van der Waals surface area contributed by atoms with Crippen molar-refractivity contribution < 1.29 is 14.3 Å². The van der Waals surface area contributed by atoms with Gasteiger partial charge in [-0.25, -0.2) is 4.98 Å². The Morgan fingerprint density at radius 3 is 2.76 bits per heavy atom. The molecular formula is C13H16IN3O4. The molecule has 2 saturated heterocycles. The lowest BCUT2D eigenvalue weighted by Crippen LogP contribution is -2.40. The number of aromatic nitrogens is 2. The predicted octanol–water partition coefficient (Wildman–Crippen LogP) is 1.02. The molecule has 3 rings (SSSR count). The maximum Gasteiger partial charge on any atom is 0.284 e. The molecule has 114 valence electrons. The van der Waals surface area contributed by atoms with Crippen LogP contribution in [-0.2, 0) is 9.47 Å². The van der Waals surface area contributed by atoms with Crippen LogP contribution in [0.1, 0.15) is 42.4 Å². The summed E-state index contributed by atoms with van der Waals surface area (Å²) in [4.78, 5) is 28.7. The predicted molar refractivity (Wildman–Crippen MR) is 81.9 cm³/mol. The van der Waals surface area contributed by atoms with Gasteiger partial charge in [0.1, 0.15) is 16.2 Å². The van der Waals surface area contributed by atoms with Crippen molar-refractivity contribution in [3.05, 3.63) is 25.9 Å². The van der Waals surface area contributed by atoms with Gasteiger partial charge in [-0.2, -0.15) is 0 Å². The number of ether oxygens (including phenoxy) is 2. The lowest BCUT2D eigenvalue weighted by atomic mass is 10.3. The van der Waals surface area contributed by atoms with Gasteiger partial charge in [-0.1, -0.05) is 0 Å². The van der Waals surface area contributed by atoms with Crippen molar-refractivity contribution in [2.75, 3.05) is 13.2 Å². The maximum atomic E-state index is 12.4. The molecule has 1 aromatic rings. The molecule has 7 nitrogen and oxygen atoms in total. The highest BCUT2D eigenvalue weighted by Crippen LogP contribution is 2.21. The Morgan fingerprint density at radius 2 is 2.10 bits per heavy atom. The zero-order chi connectivity index (χ0) is 14.8. The molecule has 0 radical (unpaired) electrons. The zero-order valence-corrected chi connectivity index (χ0v) is 13.5. The summed E-state index contributed by atoms with van der Waals surface area (Å²) in [5, 5.41) is 2.70. The van der Waals surface area contributed by atoms with E-state index in [0.29, 0.717) is 16.9 Å². The van der Waals surface area contributed by atoms with Gasteiger partial charge in [0.2, 0.25) is 0 Å². The van der Waals surface area contributed by atoms with Gasteiger partial charge < -0.3 is 14.8 Å². The molecule has 0 spiro atoms. The van der Waals surface area contributed by atoms with Gasteiger partial charge in [-0.05, 0) is 48.3 Å². The molecule has 3 heterocycles. The second kappa shape index (κ2) is 6.41. The van der Waals surface area contributed by atoms with Crippen LogP contribution in [0.5, 0.6) is 0 Å². The molecule has 21 heavy (non-hydrogen) atoms. The van der Waals surface area contributed by atoms with Crippen molar-refractivity contribution in [1.82, 2.24) is 14.9 Å². The molecular weight excluding hydrogens is 389 g/mol. The minimum Gasteiger partial charge on any atom is -0.359 e. The van der Waals surface area contributed by atoms with Crippen molar-refractivity contribution in [2.45, 2.75) is 38.1 Å². The highest BCUT2D eigenvalue weighted by atomic mass is 127. The van der Waals surface area contributed by atoms with Crippen molar-refractivity contribution in [3.8, 4) is 0 Å². The van der Waals surface area contributed by atoms with E-state index in [4.69, 9.17) is 9.47 Å². The van der Waals surface area contributed by atoms with Crippen LogP contribution >= 0.6 is 22.6 Å². The van der Waals surface area contributed by atoms with E-state index < -0.39 is 11.5 Å². The van der Waals surface area contributed by atoms with Crippen LogP contribution in [0.4, 0.5) is 0 Å². The number of nitrogens with zero attached hydrogens (tertiary/aromatic N) is 2. The SMILES string of the molecule is O=C(NC1CCCO1)c1nc(I)cn(C2CCCO2)c1=O. The van der Waals surface area contributed by atoms with Crippen LogP contribution in [-0.4, -0.2) is 34.9 Å². The van der Waals surface area contributed by atoms with Gasteiger partial charge in [-0.15, -0.1) is 0 Å². The fraction of sp³-hybridized carbons (Fsp3) is 0.615. The smallest absolute Gasteiger partial charge is 0.284 e. The van der Waals surface area contributed by atoms with Crippen molar-refractivity contribution in [1.29, 1.82) is 0 Å². The molecule has 2 aliphatic rings. The Hall–Kier alpha value is -1.00. The molecule has 0 saturated carbocycles. The van der Waals surface area contributed by atoms with Crippen molar-refractivity contribution >= 4 is 28.5 Å². The first kappa shape index (κ1) is 14.9. The molecule has 0 aromatic carbocycles. The fourth-order valence-electron chi connectivity index (χ4n) is 2.53. The first-order chi connectivity index (χ1) is 10.1. The Kier molecular flexibility index (Phi) is 4.55. The third kappa shape index (κ3) is 3.27. The summed E-state index contributed by atoms with van der Waals surface area (Å²) in [6.07, 6.45) is 4.35. The van der Waals surface area contributed by atoms with Crippen LogP contribution in [0.15, 0.2) is 11.0 Å². The minimum atomic E-state index is -0.489. The molecule has 0 aliphatic carbocycles. The number of hydrogen-bond acceptors (Lipinski definition) is 5. The van der Waals surface area contributed by atoms with E-state index in [-0.39, 0.29) is 18.1 Å². The molecule has 2 unspecified atom stereocenters. The van der Waals surface area contributed by atoms with Gasteiger partial charge in [0.15, 0.2) is 5.69 Å². The highest BCUT2D eigenvalue weighted by Gasteiger charge is 2.25. The van der Waals surface area contributed by atoms with Crippen LogP contribution in [0.2, 0.25) is 0 Å². The largest absolute Gasteiger partial charge is 0.359 e. The average Bonchev–Trinajstić information content (AvgIpc) is 3.13. The number of rotatable bonds is 3. The van der Waals surface area contributed by atoms with Crippen molar-refractivity contribution in [3.63, 3.8) is 0 Å². The minimum absolute atomic E-state index is 0.104. The molecule has 1 amide bonds. The summed E-state index contributed by atoms with van der Waals surface area (Å²) >= 11 is 1.99. The third-order valence-corrected chi connectivity index (χ3v) is 4.07. The van der Waals surface area contributed by atoms with Gasteiger partial charge in [-0.3, -0.25) is 14.2 Å². The lowest BCUT2D eigenvalue weighted by Gasteiger charge is -2.15. The molecule has 8 heteroatoms. The molecule has 2 atom stereocenters. The Bertz CT molecular complexity index is 592. The van der Waals surface area contributed by atoms with Gasteiger partial charge in [0.05, 0.1) is 0 Å². The second-order valence-corrected chi connectivity index (χ2v) is 6.17. The number of carbonyl (C=O) groups excluding carboxylic acids is 1. The topological polar surface area (TPSA) is 82.4 Å². The van der Waals surface area contributed by atoms with E-state index in [2.05, 4.69) is 10.3 Å². The van der Waals surface area contributed by atoms with E-state index >= 15 is 0 Å². The first-order valence-corrected chi connectivity index (χ1v) is 8.06. The monoisotopic (exact) mass is 405 g/mol. The zero-order valence-electron chi connectivity index (χ0n) is 11.4. The Labute approximate surface area is 135 Å². The molecule has 1 N–H and O–H groups in total. The first-order valence-electron chi connectivity index (χ1n) is 6.98. The second-order valence-electron chi connectivity index (χ2n) is 5.07. The molecule has 1 aromatic heterocycles. The Balaban J connectivity index is 1.86. The summed E-state index contributed by atoms with van der Waals surface area (Å²) in [6, 6.07) is 0. The van der Waals surface area contributed by atoms with Gasteiger partial charge in [0, 0.05) is 19.4 Å². The lowest BCUT2D eigenvalue weighted by molar-refractivity contribution is 0.0521. The fourth-order valence-corrected chi connectivity index (χ4v) is 3.07. The molecule has 0 bridgehead atoms. The van der Waals surface area contributed by atoms with Gasteiger partial charge in [0.25, 0.3) is 11.5 Å². The quantitative estimate of drug-likeness (QED) is 0.760. The Morgan fingerprint density at radius 1 is 1.33 bits per heavy atom.